The highest BCUT2D eigenvalue weighted by Gasteiger charge is 2.15. The first-order valence-electron chi connectivity index (χ1n) is 7.56. The molecule has 1 aliphatic rings. The minimum Gasteiger partial charge on any atom is -0.376 e. The van der Waals surface area contributed by atoms with E-state index in [0.717, 1.165) is 30.5 Å². The van der Waals surface area contributed by atoms with Gasteiger partial charge in [0.1, 0.15) is 6.54 Å². The number of nitrogens with zero attached hydrogens (tertiary/aromatic N) is 2. The van der Waals surface area contributed by atoms with Gasteiger partial charge in [-0.05, 0) is 37.2 Å². The Morgan fingerprint density at radius 2 is 2.26 bits per heavy atom. The molecule has 1 saturated heterocycles. The van der Waals surface area contributed by atoms with E-state index >= 15 is 0 Å². The number of aromatic nitrogens is 2. The van der Waals surface area contributed by atoms with Crippen molar-refractivity contribution in [1.29, 1.82) is 0 Å². The number of carbonyl (C=O) groups excluding carboxylic acids is 1. The van der Waals surface area contributed by atoms with Crippen LogP contribution in [-0.4, -0.2) is 39.8 Å². The van der Waals surface area contributed by atoms with Crippen LogP contribution in [0.25, 0.3) is 11.0 Å². The molecule has 1 atom stereocenters. The standard InChI is InChI=1S/C15H19N5O2S/c21-14(9-20-10-17-12-5-1-2-6-13(12)20)18-19-15(23)16-8-11-4-3-7-22-11/h1-2,5-6,10-11H,3-4,7-9H2,(H,18,21)(H2,16,19,23). The van der Waals surface area contributed by atoms with Gasteiger partial charge in [-0.1, -0.05) is 12.1 Å². The number of carbonyl (C=O) groups is 1. The summed E-state index contributed by atoms with van der Waals surface area (Å²) in [6.07, 6.45) is 3.97. The fourth-order valence-corrected chi connectivity index (χ4v) is 2.65. The zero-order valence-electron chi connectivity index (χ0n) is 12.6. The van der Waals surface area contributed by atoms with Crippen molar-refractivity contribution in [1.82, 2.24) is 25.7 Å². The summed E-state index contributed by atoms with van der Waals surface area (Å²) in [6.45, 7) is 1.62. The van der Waals surface area contributed by atoms with Gasteiger partial charge in [-0.15, -0.1) is 0 Å². The van der Waals surface area contributed by atoms with E-state index in [2.05, 4.69) is 21.2 Å². The Morgan fingerprint density at radius 3 is 3.09 bits per heavy atom. The van der Waals surface area contributed by atoms with Crippen molar-refractivity contribution < 1.29 is 9.53 Å². The summed E-state index contributed by atoms with van der Waals surface area (Å²) in [7, 11) is 0. The number of ether oxygens (including phenoxy) is 1. The molecule has 0 saturated carbocycles. The number of nitrogens with one attached hydrogen (secondary N) is 3. The Hall–Kier alpha value is -2.19. The van der Waals surface area contributed by atoms with Crippen LogP contribution in [0.5, 0.6) is 0 Å². The molecule has 1 aromatic heterocycles. The zero-order valence-corrected chi connectivity index (χ0v) is 13.4. The third kappa shape index (κ3) is 4.17. The molecular weight excluding hydrogens is 314 g/mol. The Morgan fingerprint density at radius 1 is 1.39 bits per heavy atom. The normalized spacial score (nSPS) is 17.1. The highest BCUT2D eigenvalue weighted by Crippen LogP contribution is 2.11. The average Bonchev–Trinajstić information content (AvgIpc) is 3.21. The summed E-state index contributed by atoms with van der Waals surface area (Å²) >= 11 is 5.12. The van der Waals surface area contributed by atoms with Crippen molar-refractivity contribution in [3.05, 3.63) is 30.6 Å². The third-order valence-electron chi connectivity index (χ3n) is 3.67. The molecule has 2 aromatic rings. The maximum absolute atomic E-state index is 12.0. The number of amides is 1. The number of benzene rings is 1. The Bertz CT molecular complexity index is 696. The molecule has 1 aromatic carbocycles. The summed E-state index contributed by atoms with van der Waals surface area (Å²) in [5.74, 6) is -0.200. The highest BCUT2D eigenvalue weighted by molar-refractivity contribution is 7.80. The molecule has 122 valence electrons. The van der Waals surface area contributed by atoms with Gasteiger partial charge in [-0.25, -0.2) is 4.98 Å². The molecule has 3 N–H and O–H groups in total. The molecule has 0 spiro atoms. The molecule has 8 heteroatoms. The van der Waals surface area contributed by atoms with Crippen LogP contribution in [0, 0.1) is 0 Å². The molecular formula is C15H19N5O2S. The fourth-order valence-electron chi connectivity index (χ4n) is 2.51. The number of para-hydroxylation sites is 2. The van der Waals surface area contributed by atoms with E-state index in [1.807, 2.05) is 24.3 Å². The predicted molar refractivity (Wildman–Crippen MR) is 90.6 cm³/mol. The van der Waals surface area contributed by atoms with Crippen molar-refractivity contribution in [3.8, 4) is 0 Å². The second-order valence-electron chi connectivity index (χ2n) is 5.38. The average molecular weight is 333 g/mol. The van der Waals surface area contributed by atoms with Crippen molar-refractivity contribution in [3.63, 3.8) is 0 Å². The monoisotopic (exact) mass is 333 g/mol. The van der Waals surface area contributed by atoms with Crippen molar-refractivity contribution in [2.45, 2.75) is 25.5 Å². The van der Waals surface area contributed by atoms with E-state index in [4.69, 9.17) is 17.0 Å². The van der Waals surface area contributed by atoms with Crippen LogP contribution in [-0.2, 0) is 16.1 Å². The molecule has 1 aliphatic heterocycles. The first-order chi connectivity index (χ1) is 11.2. The number of fused-ring (bicyclic) bond motifs is 1. The molecule has 0 aliphatic carbocycles. The van der Waals surface area contributed by atoms with Crippen LogP contribution >= 0.6 is 12.2 Å². The molecule has 0 radical (unpaired) electrons. The maximum Gasteiger partial charge on any atom is 0.258 e. The molecule has 2 heterocycles. The van der Waals surface area contributed by atoms with Crippen LogP contribution < -0.4 is 16.2 Å². The third-order valence-corrected chi connectivity index (χ3v) is 3.92. The summed E-state index contributed by atoms with van der Waals surface area (Å²) in [5.41, 5.74) is 7.06. The van der Waals surface area contributed by atoms with Crippen LogP contribution in [0.4, 0.5) is 0 Å². The summed E-state index contributed by atoms with van der Waals surface area (Å²) in [4.78, 5) is 16.2. The van der Waals surface area contributed by atoms with Crippen molar-refractivity contribution >= 4 is 34.3 Å². The number of thiocarbonyl (C=S) groups is 1. The second kappa shape index (κ2) is 7.38. The minimum absolute atomic E-state index is 0.169. The topological polar surface area (TPSA) is 80.2 Å². The number of hydrogen-bond donors (Lipinski definition) is 3. The molecule has 0 bridgehead atoms. The van der Waals surface area contributed by atoms with Gasteiger partial charge in [0, 0.05) is 13.2 Å². The van der Waals surface area contributed by atoms with Crippen LogP contribution in [0.2, 0.25) is 0 Å². The largest absolute Gasteiger partial charge is 0.376 e. The minimum atomic E-state index is -0.200. The first-order valence-corrected chi connectivity index (χ1v) is 7.97. The summed E-state index contributed by atoms with van der Waals surface area (Å²) < 4.78 is 7.28. The number of imidazole rings is 1. The van der Waals surface area contributed by atoms with Crippen LogP contribution in [0.3, 0.4) is 0 Å². The lowest BCUT2D eigenvalue weighted by Crippen LogP contribution is -2.49. The lowest BCUT2D eigenvalue weighted by Gasteiger charge is -2.14. The van der Waals surface area contributed by atoms with Gasteiger partial charge in [-0.2, -0.15) is 0 Å². The van der Waals surface area contributed by atoms with Gasteiger partial charge in [0.25, 0.3) is 5.91 Å². The quantitative estimate of drug-likeness (QED) is 0.565. The van der Waals surface area contributed by atoms with E-state index in [1.165, 1.54) is 0 Å². The maximum atomic E-state index is 12.0. The lowest BCUT2D eigenvalue weighted by molar-refractivity contribution is -0.122. The molecule has 1 unspecified atom stereocenters. The molecule has 1 amide bonds. The van der Waals surface area contributed by atoms with E-state index in [-0.39, 0.29) is 18.6 Å². The smallest absolute Gasteiger partial charge is 0.258 e. The van der Waals surface area contributed by atoms with Gasteiger partial charge in [-0.3, -0.25) is 15.6 Å². The van der Waals surface area contributed by atoms with Crippen molar-refractivity contribution in [2.24, 2.45) is 0 Å². The SMILES string of the molecule is O=C(Cn1cnc2ccccc21)NNC(=S)NCC1CCCO1. The van der Waals surface area contributed by atoms with E-state index in [9.17, 15) is 4.79 Å². The molecule has 7 nitrogen and oxygen atoms in total. The van der Waals surface area contributed by atoms with Crippen molar-refractivity contribution in [2.75, 3.05) is 13.2 Å². The summed E-state index contributed by atoms with van der Waals surface area (Å²) in [6, 6.07) is 7.67. The number of hydrazine groups is 1. The summed E-state index contributed by atoms with van der Waals surface area (Å²) in [5, 5.41) is 3.41. The lowest BCUT2D eigenvalue weighted by atomic mass is 10.2. The van der Waals surface area contributed by atoms with Crippen LogP contribution in [0.15, 0.2) is 30.6 Å². The number of rotatable bonds is 4. The second-order valence-corrected chi connectivity index (χ2v) is 5.79. The Kier molecular flexibility index (Phi) is 5.04. The zero-order chi connectivity index (χ0) is 16.1. The number of hydrogen-bond acceptors (Lipinski definition) is 4. The van der Waals surface area contributed by atoms with E-state index in [1.54, 1.807) is 10.9 Å². The highest BCUT2D eigenvalue weighted by atomic mass is 32.1. The first kappa shape index (κ1) is 15.7. The molecule has 3 rings (SSSR count). The van der Waals surface area contributed by atoms with Gasteiger partial charge < -0.3 is 14.6 Å². The Labute approximate surface area is 139 Å². The van der Waals surface area contributed by atoms with Gasteiger partial charge in [0.2, 0.25) is 0 Å². The fraction of sp³-hybridized carbons (Fsp3) is 0.400. The van der Waals surface area contributed by atoms with E-state index in [0.29, 0.717) is 11.7 Å². The van der Waals surface area contributed by atoms with Gasteiger partial charge in [0.05, 0.1) is 23.5 Å². The predicted octanol–water partition coefficient (Wildman–Crippen LogP) is 0.711. The molecule has 1 fully saturated rings. The van der Waals surface area contributed by atoms with Gasteiger partial charge in [0.15, 0.2) is 5.11 Å². The van der Waals surface area contributed by atoms with Crippen LogP contribution in [0.1, 0.15) is 12.8 Å². The Balaban J connectivity index is 1.43. The van der Waals surface area contributed by atoms with E-state index < -0.39 is 0 Å². The molecule has 23 heavy (non-hydrogen) atoms. The van der Waals surface area contributed by atoms with Gasteiger partial charge >= 0.3 is 0 Å².